The van der Waals surface area contributed by atoms with Crippen molar-refractivity contribution in [2.75, 3.05) is 32.8 Å². The number of piperazine rings is 1. The smallest absolute Gasteiger partial charge is 0.242 e. The molecule has 0 saturated carbocycles. The molecule has 2 atom stereocenters. The van der Waals surface area contributed by atoms with Crippen molar-refractivity contribution in [3.63, 3.8) is 0 Å². The summed E-state index contributed by atoms with van der Waals surface area (Å²) in [6.07, 6.45) is 0.951. The minimum absolute atomic E-state index is 0. The molecule has 2 aliphatic rings. The first-order valence-electron chi connectivity index (χ1n) is 6.62. The first-order chi connectivity index (χ1) is 8.72. The van der Waals surface area contributed by atoms with Crippen LogP contribution in [-0.2, 0) is 14.3 Å². The van der Waals surface area contributed by atoms with E-state index in [2.05, 4.69) is 10.6 Å². The highest BCUT2D eigenvalue weighted by Gasteiger charge is 2.32. The molecule has 110 valence electrons. The van der Waals surface area contributed by atoms with Crippen LogP contribution in [0.2, 0.25) is 0 Å². The van der Waals surface area contributed by atoms with E-state index in [1.807, 2.05) is 6.92 Å². The normalized spacial score (nSPS) is 27.4. The van der Waals surface area contributed by atoms with Crippen LogP contribution < -0.4 is 10.6 Å². The minimum Gasteiger partial charge on any atom is -0.375 e. The SMILES string of the molecule is CCC1C(=O)NCCN1C(=O)CC1CNCCO1.Cl. The molecule has 6 nitrogen and oxygen atoms in total. The molecule has 2 N–H and O–H groups in total. The molecule has 2 saturated heterocycles. The lowest BCUT2D eigenvalue weighted by atomic mass is 10.1. The Morgan fingerprint density at radius 2 is 2.26 bits per heavy atom. The van der Waals surface area contributed by atoms with Crippen LogP contribution in [-0.4, -0.2) is 61.6 Å². The lowest BCUT2D eigenvalue weighted by Gasteiger charge is -2.35. The number of carbonyl (C=O) groups is 2. The average Bonchev–Trinajstić information content (AvgIpc) is 2.39. The fraction of sp³-hybridized carbons (Fsp3) is 0.833. The fourth-order valence-corrected chi connectivity index (χ4v) is 2.48. The standard InChI is InChI=1S/C12H21N3O3.ClH/c1-2-10-12(17)14-3-5-15(10)11(16)7-9-8-13-4-6-18-9;/h9-10,13H,2-8H2,1H3,(H,14,17);1H. The molecule has 7 heteroatoms. The maximum atomic E-state index is 12.2. The number of halogens is 1. The minimum atomic E-state index is -0.317. The zero-order valence-electron chi connectivity index (χ0n) is 11.2. The van der Waals surface area contributed by atoms with Gasteiger partial charge in [0.05, 0.1) is 19.1 Å². The number of carbonyl (C=O) groups excluding carboxylic acids is 2. The zero-order valence-corrected chi connectivity index (χ0v) is 12.0. The molecule has 0 radical (unpaired) electrons. The van der Waals surface area contributed by atoms with Crippen molar-refractivity contribution < 1.29 is 14.3 Å². The molecule has 2 aliphatic heterocycles. The van der Waals surface area contributed by atoms with E-state index in [1.165, 1.54) is 0 Å². The van der Waals surface area contributed by atoms with Crippen molar-refractivity contribution in [1.29, 1.82) is 0 Å². The summed E-state index contributed by atoms with van der Waals surface area (Å²) in [7, 11) is 0. The van der Waals surface area contributed by atoms with Crippen molar-refractivity contribution in [3.05, 3.63) is 0 Å². The maximum Gasteiger partial charge on any atom is 0.242 e. The number of hydrogen-bond acceptors (Lipinski definition) is 4. The van der Waals surface area contributed by atoms with Gasteiger partial charge in [-0.15, -0.1) is 12.4 Å². The fourth-order valence-electron chi connectivity index (χ4n) is 2.48. The lowest BCUT2D eigenvalue weighted by molar-refractivity contribution is -0.145. The summed E-state index contributed by atoms with van der Waals surface area (Å²) in [6, 6.07) is -0.317. The molecular formula is C12H22ClN3O3. The topological polar surface area (TPSA) is 70.7 Å². The second-order valence-corrected chi connectivity index (χ2v) is 4.70. The summed E-state index contributed by atoms with van der Waals surface area (Å²) in [5, 5.41) is 6.00. The maximum absolute atomic E-state index is 12.2. The molecule has 0 aromatic rings. The number of nitrogens with zero attached hydrogens (tertiary/aromatic N) is 1. The molecule has 2 amide bonds. The summed E-state index contributed by atoms with van der Waals surface area (Å²) in [5.41, 5.74) is 0. The van der Waals surface area contributed by atoms with E-state index in [1.54, 1.807) is 4.90 Å². The van der Waals surface area contributed by atoms with Crippen LogP contribution in [0.5, 0.6) is 0 Å². The van der Waals surface area contributed by atoms with E-state index in [0.717, 1.165) is 6.54 Å². The molecule has 0 spiro atoms. The quantitative estimate of drug-likeness (QED) is 0.737. The highest BCUT2D eigenvalue weighted by molar-refractivity contribution is 5.88. The Morgan fingerprint density at radius 3 is 2.89 bits per heavy atom. The van der Waals surface area contributed by atoms with Crippen LogP contribution in [0.3, 0.4) is 0 Å². The third-order valence-corrected chi connectivity index (χ3v) is 3.44. The van der Waals surface area contributed by atoms with Gasteiger partial charge in [-0.3, -0.25) is 9.59 Å². The number of hydrogen-bond donors (Lipinski definition) is 2. The van der Waals surface area contributed by atoms with Gasteiger partial charge >= 0.3 is 0 Å². The van der Waals surface area contributed by atoms with Gasteiger partial charge in [0.1, 0.15) is 6.04 Å². The van der Waals surface area contributed by atoms with Crippen LogP contribution in [0.1, 0.15) is 19.8 Å². The predicted molar refractivity (Wildman–Crippen MR) is 73.3 cm³/mol. The molecule has 0 aromatic carbocycles. The van der Waals surface area contributed by atoms with Crippen LogP contribution in [0.4, 0.5) is 0 Å². The predicted octanol–water partition coefficient (Wildman–Crippen LogP) is -0.476. The van der Waals surface area contributed by atoms with Gasteiger partial charge in [-0.05, 0) is 6.42 Å². The van der Waals surface area contributed by atoms with Gasteiger partial charge in [-0.25, -0.2) is 0 Å². The van der Waals surface area contributed by atoms with Crippen molar-refractivity contribution in [2.24, 2.45) is 0 Å². The van der Waals surface area contributed by atoms with E-state index in [4.69, 9.17) is 4.74 Å². The van der Waals surface area contributed by atoms with Crippen LogP contribution in [0, 0.1) is 0 Å². The second-order valence-electron chi connectivity index (χ2n) is 4.70. The highest BCUT2D eigenvalue weighted by atomic mass is 35.5. The van der Waals surface area contributed by atoms with Gasteiger partial charge in [0.15, 0.2) is 0 Å². The Morgan fingerprint density at radius 1 is 1.47 bits per heavy atom. The number of ether oxygens (including phenoxy) is 1. The van der Waals surface area contributed by atoms with Gasteiger partial charge < -0.3 is 20.3 Å². The van der Waals surface area contributed by atoms with Crippen molar-refractivity contribution in [3.8, 4) is 0 Å². The largest absolute Gasteiger partial charge is 0.375 e. The highest BCUT2D eigenvalue weighted by Crippen LogP contribution is 2.12. The lowest BCUT2D eigenvalue weighted by Crippen LogP contribution is -2.57. The Balaban J connectivity index is 0.00000180. The Bertz CT molecular complexity index is 321. The molecule has 0 aromatic heterocycles. The zero-order chi connectivity index (χ0) is 13.0. The molecule has 2 rings (SSSR count). The Kier molecular flexibility index (Phi) is 6.54. The van der Waals surface area contributed by atoms with Crippen LogP contribution in [0.15, 0.2) is 0 Å². The first kappa shape index (κ1) is 16.2. The third-order valence-electron chi connectivity index (χ3n) is 3.44. The van der Waals surface area contributed by atoms with Gasteiger partial charge in [0, 0.05) is 26.2 Å². The third kappa shape index (κ3) is 4.06. The van der Waals surface area contributed by atoms with Gasteiger partial charge in [-0.2, -0.15) is 0 Å². The van der Waals surface area contributed by atoms with Crippen LogP contribution >= 0.6 is 12.4 Å². The summed E-state index contributed by atoms with van der Waals surface area (Å²) in [6.45, 7) is 5.27. The second kappa shape index (κ2) is 7.67. The number of nitrogens with one attached hydrogen (secondary N) is 2. The molecule has 0 bridgehead atoms. The molecule has 2 unspecified atom stereocenters. The van der Waals surface area contributed by atoms with Crippen molar-refractivity contribution in [1.82, 2.24) is 15.5 Å². The number of morpholine rings is 1. The molecule has 0 aliphatic carbocycles. The van der Waals surface area contributed by atoms with E-state index >= 15 is 0 Å². The van der Waals surface area contributed by atoms with E-state index in [-0.39, 0.29) is 36.4 Å². The van der Waals surface area contributed by atoms with E-state index in [0.29, 0.717) is 39.1 Å². The summed E-state index contributed by atoms with van der Waals surface area (Å²) < 4.78 is 5.52. The summed E-state index contributed by atoms with van der Waals surface area (Å²) >= 11 is 0. The average molecular weight is 292 g/mol. The molecular weight excluding hydrogens is 270 g/mol. The van der Waals surface area contributed by atoms with E-state index < -0.39 is 0 Å². The van der Waals surface area contributed by atoms with E-state index in [9.17, 15) is 9.59 Å². The first-order valence-corrected chi connectivity index (χ1v) is 6.62. The number of amides is 2. The Hall–Kier alpha value is -0.850. The molecule has 2 fully saturated rings. The van der Waals surface area contributed by atoms with Crippen molar-refractivity contribution >= 4 is 24.2 Å². The molecule has 19 heavy (non-hydrogen) atoms. The van der Waals surface area contributed by atoms with Gasteiger partial charge in [-0.1, -0.05) is 6.92 Å². The Labute approximate surface area is 119 Å². The monoisotopic (exact) mass is 291 g/mol. The summed E-state index contributed by atoms with van der Waals surface area (Å²) in [4.78, 5) is 25.6. The van der Waals surface area contributed by atoms with Crippen LogP contribution in [0.25, 0.3) is 0 Å². The number of rotatable bonds is 3. The van der Waals surface area contributed by atoms with Crippen molar-refractivity contribution in [2.45, 2.75) is 31.9 Å². The van der Waals surface area contributed by atoms with Gasteiger partial charge in [0.2, 0.25) is 11.8 Å². The summed E-state index contributed by atoms with van der Waals surface area (Å²) in [5.74, 6) is -0.0230. The molecule has 2 heterocycles. The van der Waals surface area contributed by atoms with Gasteiger partial charge in [0.25, 0.3) is 0 Å².